The van der Waals surface area contributed by atoms with Crippen molar-refractivity contribution in [2.24, 2.45) is 16.7 Å². The Bertz CT molecular complexity index is 316. The summed E-state index contributed by atoms with van der Waals surface area (Å²) in [6.07, 6.45) is 3.56. The number of fused-ring (bicyclic) bond motifs is 2. The standard InChI is InChI=1S/C13H20O2/c1-9-11-5-6-13(7-11,12(9,3)4)8-15-10(2)14/h11H,1,5-8H2,2-4H3. The zero-order chi connectivity index (χ0) is 11.3. The van der Waals surface area contributed by atoms with Gasteiger partial charge in [0.05, 0.1) is 6.61 Å². The van der Waals surface area contributed by atoms with E-state index in [1.165, 1.54) is 25.3 Å². The number of hydrogen-bond donors (Lipinski definition) is 0. The first-order valence-corrected chi connectivity index (χ1v) is 5.72. The van der Waals surface area contributed by atoms with Crippen molar-refractivity contribution in [1.29, 1.82) is 0 Å². The Kier molecular flexibility index (Phi) is 2.21. The highest BCUT2D eigenvalue weighted by Crippen LogP contribution is 2.66. The summed E-state index contributed by atoms with van der Waals surface area (Å²) in [6.45, 7) is 10.8. The monoisotopic (exact) mass is 208 g/mol. The molecule has 0 aromatic rings. The smallest absolute Gasteiger partial charge is 0.302 e. The summed E-state index contributed by atoms with van der Waals surface area (Å²) in [5, 5.41) is 0. The van der Waals surface area contributed by atoms with Crippen molar-refractivity contribution >= 4 is 5.97 Å². The highest BCUT2D eigenvalue weighted by Gasteiger charge is 2.59. The summed E-state index contributed by atoms with van der Waals surface area (Å²) in [4.78, 5) is 10.9. The van der Waals surface area contributed by atoms with Gasteiger partial charge < -0.3 is 4.74 Å². The Labute approximate surface area is 91.7 Å². The molecule has 2 heteroatoms. The summed E-state index contributed by atoms with van der Waals surface area (Å²) >= 11 is 0. The Balaban J connectivity index is 2.20. The SMILES string of the molecule is C=C1C2CCC(COC(C)=O)(C2)C1(C)C. The second kappa shape index (κ2) is 3.10. The fourth-order valence-electron chi connectivity index (χ4n) is 3.39. The fraction of sp³-hybridized carbons (Fsp3) is 0.769. The van der Waals surface area contributed by atoms with Crippen molar-refractivity contribution in [3.8, 4) is 0 Å². The molecule has 2 nitrogen and oxygen atoms in total. The highest BCUT2D eigenvalue weighted by molar-refractivity contribution is 5.66. The van der Waals surface area contributed by atoms with Crippen LogP contribution in [0.4, 0.5) is 0 Å². The van der Waals surface area contributed by atoms with Gasteiger partial charge in [-0.05, 0) is 30.6 Å². The van der Waals surface area contributed by atoms with E-state index in [1.807, 2.05) is 0 Å². The lowest BCUT2D eigenvalue weighted by molar-refractivity contribution is -0.146. The van der Waals surface area contributed by atoms with Crippen molar-refractivity contribution in [2.75, 3.05) is 6.61 Å². The zero-order valence-electron chi connectivity index (χ0n) is 9.93. The molecular formula is C13H20O2. The van der Waals surface area contributed by atoms with Crippen molar-refractivity contribution < 1.29 is 9.53 Å². The van der Waals surface area contributed by atoms with Gasteiger partial charge in [0.15, 0.2) is 0 Å². The van der Waals surface area contributed by atoms with Crippen LogP contribution in [0.1, 0.15) is 40.0 Å². The van der Waals surface area contributed by atoms with E-state index >= 15 is 0 Å². The van der Waals surface area contributed by atoms with Crippen molar-refractivity contribution in [3.05, 3.63) is 12.2 Å². The summed E-state index contributed by atoms with van der Waals surface area (Å²) in [5.74, 6) is 0.497. The van der Waals surface area contributed by atoms with Gasteiger partial charge in [0.2, 0.25) is 0 Å². The minimum atomic E-state index is -0.166. The van der Waals surface area contributed by atoms with Crippen LogP contribution in [0.3, 0.4) is 0 Å². The largest absolute Gasteiger partial charge is 0.465 e. The van der Waals surface area contributed by atoms with Crippen LogP contribution in [0.2, 0.25) is 0 Å². The van der Waals surface area contributed by atoms with Crippen LogP contribution in [0.25, 0.3) is 0 Å². The summed E-state index contributed by atoms with van der Waals surface area (Å²) in [7, 11) is 0. The molecule has 0 radical (unpaired) electrons. The molecule has 0 aromatic heterocycles. The molecule has 2 atom stereocenters. The van der Waals surface area contributed by atoms with Crippen LogP contribution in [0, 0.1) is 16.7 Å². The van der Waals surface area contributed by atoms with Gasteiger partial charge in [-0.1, -0.05) is 26.0 Å². The van der Waals surface area contributed by atoms with Crippen molar-refractivity contribution in [2.45, 2.75) is 40.0 Å². The van der Waals surface area contributed by atoms with Crippen LogP contribution < -0.4 is 0 Å². The lowest BCUT2D eigenvalue weighted by Gasteiger charge is -2.42. The molecule has 2 aliphatic carbocycles. The van der Waals surface area contributed by atoms with Crippen molar-refractivity contribution in [3.63, 3.8) is 0 Å². The Morgan fingerprint density at radius 1 is 1.60 bits per heavy atom. The normalized spacial score (nSPS) is 37.0. The molecular weight excluding hydrogens is 188 g/mol. The molecule has 0 N–H and O–H groups in total. The molecule has 0 spiro atoms. The van der Waals surface area contributed by atoms with Gasteiger partial charge in [-0.2, -0.15) is 0 Å². The quantitative estimate of drug-likeness (QED) is 0.515. The molecule has 2 unspecified atom stereocenters. The van der Waals surface area contributed by atoms with Crippen molar-refractivity contribution in [1.82, 2.24) is 0 Å². The molecule has 2 bridgehead atoms. The summed E-state index contributed by atoms with van der Waals surface area (Å²) < 4.78 is 5.25. The number of rotatable bonds is 2. The molecule has 0 saturated heterocycles. The molecule has 15 heavy (non-hydrogen) atoms. The van der Waals surface area contributed by atoms with Gasteiger partial charge in [0.25, 0.3) is 0 Å². The lowest BCUT2D eigenvalue weighted by Crippen LogP contribution is -2.38. The van der Waals surface area contributed by atoms with Gasteiger partial charge in [0.1, 0.15) is 0 Å². The van der Waals surface area contributed by atoms with E-state index in [1.54, 1.807) is 0 Å². The molecule has 0 aromatic carbocycles. The fourth-order valence-corrected chi connectivity index (χ4v) is 3.39. The Morgan fingerprint density at radius 2 is 2.27 bits per heavy atom. The minimum Gasteiger partial charge on any atom is -0.465 e. The number of allylic oxidation sites excluding steroid dienone is 1. The van der Waals surface area contributed by atoms with Crippen LogP contribution in [-0.4, -0.2) is 12.6 Å². The van der Waals surface area contributed by atoms with Gasteiger partial charge in [-0.15, -0.1) is 0 Å². The highest BCUT2D eigenvalue weighted by atomic mass is 16.5. The average molecular weight is 208 g/mol. The first-order chi connectivity index (χ1) is 6.89. The number of carbonyl (C=O) groups excluding carboxylic acids is 1. The molecule has 2 rings (SSSR count). The van der Waals surface area contributed by atoms with E-state index in [9.17, 15) is 4.79 Å². The molecule has 0 aliphatic heterocycles. The van der Waals surface area contributed by atoms with E-state index in [0.29, 0.717) is 12.5 Å². The maximum atomic E-state index is 10.9. The first-order valence-electron chi connectivity index (χ1n) is 5.72. The number of carbonyl (C=O) groups is 1. The van der Waals surface area contributed by atoms with Gasteiger partial charge >= 0.3 is 5.97 Å². The summed E-state index contributed by atoms with van der Waals surface area (Å²) in [5.41, 5.74) is 1.66. The van der Waals surface area contributed by atoms with Crippen LogP contribution in [0.5, 0.6) is 0 Å². The molecule has 2 aliphatic rings. The van der Waals surface area contributed by atoms with E-state index < -0.39 is 0 Å². The molecule has 2 saturated carbocycles. The first kappa shape index (κ1) is 10.7. The van der Waals surface area contributed by atoms with E-state index in [2.05, 4.69) is 20.4 Å². The second-order valence-corrected chi connectivity index (χ2v) is 5.65. The molecule has 2 fully saturated rings. The van der Waals surface area contributed by atoms with E-state index in [4.69, 9.17) is 4.74 Å². The number of ether oxygens (including phenoxy) is 1. The van der Waals surface area contributed by atoms with E-state index in [0.717, 1.165) is 6.42 Å². The van der Waals surface area contributed by atoms with Gasteiger partial charge in [-0.3, -0.25) is 4.79 Å². The molecule has 0 heterocycles. The van der Waals surface area contributed by atoms with Crippen LogP contribution in [-0.2, 0) is 9.53 Å². The predicted octanol–water partition coefficient (Wildman–Crippen LogP) is 2.93. The van der Waals surface area contributed by atoms with Crippen LogP contribution in [0.15, 0.2) is 12.2 Å². The van der Waals surface area contributed by atoms with Crippen LogP contribution >= 0.6 is 0 Å². The Morgan fingerprint density at radius 3 is 2.73 bits per heavy atom. The van der Waals surface area contributed by atoms with E-state index in [-0.39, 0.29) is 16.8 Å². The maximum absolute atomic E-state index is 10.9. The number of hydrogen-bond acceptors (Lipinski definition) is 2. The number of esters is 1. The third-order valence-corrected chi connectivity index (χ3v) is 4.78. The molecule has 0 amide bonds. The minimum absolute atomic E-state index is 0.130. The summed E-state index contributed by atoms with van der Waals surface area (Å²) in [6, 6.07) is 0. The third kappa shape index (κ3) is 1.34. The lowest BCUT2D eigenvalue weighted by atomic mass is 9.63. The topological polar surface area (TPSA) is 26.3 Å². The second-order valence-electron chi connectivity index (χ2n) is 5.65. The third-order valence-electron chi connectivity index (χ3n) is 4.78. The molecule has 84 valence electrons. The average Bonchev–Trinajstić information content (AvgIpc) is 2.64. The van der Waals surface area contributed by atoms with Gasteiger partial charge in [0, 0.05) is 12.3 Å². The zero-order valence-corrected chi connectivity index (χ0v) is 9.93. The Hall–Kier alpha value is -0.790. The maximum Gasteiger partial charge on any atom is 0.302 e. The van der Waals surface area contributed by atoms with Gasteiger partial charge in [-0.25, -0.2) is 0 Å². The predicted molar refractivity (Wildman–Crippen MR) is 59.3 cm³/mol.